The lowest BCUT2D eigenvalue weighted by Crippen LogP contribution is -2.30. The Morgan fingerprint density at radius 1 is 0.515 bits per heavy atom. The van der Waals surface area contributed by atoms with Crippen molar-refractivity contribution < 1.29 is 76.9 Å². The normalized spacial score (nSPS) is 15.8. The van der Waals surface area contributed by atoms with Crippen LogP contribution >= 0.6 is 15.6 Å². The molecule has 0 spiro atoms. The van der Waals surface area contributed by atoms with Crippen molar-refractivity contribution in [3.8, 4) is 0 Å². The minimum Gasteiger partial charge on any atom is -0.462 e. The van der Waals surface area contributed by atoms with Gasteiger partial charge in [0.05, 0.1) is 38.1 Å². The van der Waals surface area contributed by atoms with Gasteiger partial charge >= 0.3 is 27.6 Å². The minimum absolute atomic E-state index is 0.0263. The molecule has 0 heterocycles. The number of carbonyl (C=O) groups excluding carboxylic acids is 2. The molecule has 16 nitrogen and oxygen atoms in total. The molecule has 7 N–H and O–H groups in total. The van der Waals surface area contributed by atoms with Crippen LogP contribution in [-0.4, -0.2) is 104 Å². The first-order chi connectivity index (χ1) is 31.4. The highest BCUT2D eigenvalue weighted by molar-refractivity contribution is 7.47. The third-order valence-corrected chi connectivity index (χ3v) is 11.9. The molecule has 0 saturated heterocycles. The molecule has 0 aliphatic rings. The molecule has 0 amide bonds. The van der Waals surface area contributed by atoms with Gasteiger partial charge in [0.25, 0.3) is 0 Å². The lowest BCUT2D eigenvalue weighted by Gasteiger charge is -2.21. The molecule has 6 atom stereocenters. The Balaban J connectivity index is 4.72. The maximum Gasteiger partial charge on any atom is 0.472 e. The maximum absolute atomic E-state index is 12.7. The van der Waals surface area contributed by atoms with E-state index < -0.39 is 84.5 Å². The quantitative estimate of drug-likeness (QED) is 0.0130. The van der Waals surface area contributed by atoms with Crippen LogP contribution in [0, 0.1) is 5.92 Å². The molecule has 386 valence electrons. The van der Waals surface area contributed by atoms with E-state index in [9.17, 15) is 44.0 Å². The van der Waals surface area contributed by atoms with Gasteiger partial charge in [0.15, 0.2) is 6.10 Å². The topological polar surface area (TPSA) is 256 Å². The van der Waals surface area contributed by atoms with Gasteiger partial charge in [-0.1, -0.05) is 191 Å². The number of aliphatic hydroxyl groups is 4. The Bertz CT molecular complexity index is 1410. The van der Waals surface area contributed by atoms with E-state index in [-0.39, 0.29) is 25.7 Å². The number of hydrogen-bond acceptors (Lipinski definition) is 13. The number of hydrogen-bond donors (Lipinski definition) is 7. The van der Waals surface area contributed by atoms with Crippen LogP contribution in [0.25, 0.3) is 0 Å². The van der Waals surface area contributed by atoms with Gasteiger partial charge < -0.3 is 44.6 Å². The molecule has 0 fully saturated rings. The summed E-state index contributed by atoms with van der Waals surface area (Å²) in [6.07, 6.45) is 31.8. The van der Waals surface area contributed by atoms with Crippen LogP contribution in [0.5, 0.6) is 0 Å². The van der Waals surface area contributed by atoms with Gasteiger partial charge in [-0.25, -0.2) is 9.13 Å². The van der Waals surface area contributed by atoms with E-state index in [2.05, 4.69) is 29.8 Å². The monoisotopic (exact) mass is 983 g/mol. The number of phosphoric acid groups is 2. The molecule has 0 rings (SSSR count). The predicted molar refractivity (Wildman–Crippen MR) is 257 cm³/mol. The summed E-state index contributed by atoms with van der Waals surface area (Å²) in [4.78, 5) is 52.9. The molecule has 0 aliphatic heterocycles. The largest absolute Gasteiger partial charge is 0.472 e. The Hall–Kier alpha value is -2.04. The van der Waals surface area contributed by atoms with Crippen LogP contribution < -0.4 is 0 Å². The number of ether oxygens (including phenoxy) is 2. The zero-order valence-corrected chi connectivity index (χ0v) is 42.1. The molecule has 0 aromatic carbocycles. The number of unbranched alkanes of at least 4 members (excludes halogenated alkanes) is 17. The van der Waals surface area contributed by atoms with E-state index >= 15 is 0 Å². The first-order valence-electron chi connectivity index (χ1n) is 24.5. The van der Waals surface area contributed by atoms with Gasteiger partial charge in [-0.15, -0.1) is 0 Å². The van der Waals surface area contributed by atoms with Gasteiger partial charge in [0, 0.05) is 12.8 Å². The second kappa shape index (κ2) is 41.9. The Morgan fingerprint density at radius 3 is 1.53 bits per heavy atom. The second-order valence-electron chi connectivity index (χ2n) is 17.4. The van der Waals surface area contributed by atoms with Crippen molar-refractivity contribution >= 4 is 27.6 Å². The highest BCUT2D eigenvalue weighted by atomic mass is 31.2. The SMILES string of the molecule is CCCCC[C@H](O)/C=C/C=C\C=C\C=C\[C@H](O)[C@@H](O)CCCC(=O)O[C@H](COC(=O)CCCCCCCCCCCCCCCCCCC(C)C)COP(=O)(O)OC[C@@H](O)COP(=O)(O)O. The fourth-order valence-electron chi connectivity index (χ4n) is 6.62. The Kier molecular flexibility index (Phi) is 40.6. The lowest BCUT2D eigenvalue weighted by molar-refractivity contribution is -0.161. The summed E-state index contributed by atoms with van der Waals surface area (Å²) >= 11 is 0. The molecule has 18 heteroatoms. The number of esters is 2. The number of rotatable bonds is 45. The van der Waals surface area contributed by atoms with Gasteiger partial charge in [0.1, 0.15) is 12.7 Å². The highest BCUT2D eigenvalue weighted by Gasteiger charge is 2.28. The van der Waals surface area contributed by atoms with E-state index in [1.165, 1.54) is 83.1 Å². The van der Waals surface area contributed by atoms with Crippen molar-refractivity contribution in [1.82, 2.24) is 0 Å². The van der Waals surface area contributed by atoms with E-state index in [4.69, 9.17) is 23.8 Å². The number of allylic oxidation sites excluding steroid dienone is 6. The minimum atomic E-state index is -4.91. The number of phosphoric ester groups is 2. The van der Waals surface area contributed by atoms with Gasteiger partial charge in [-0.05, 0) is 31.6 Å². The molecule has 1 unspecified atom stereocenters. The van der Waals surface area contributed by atoms with Crippen LogP contribution in [0.15, 0.2) is 48.6 Å². The summed E-state index contributed by atoms with van der Waals surface area (Å²) in [5.74, 6) is -0.546. The predicted octanol–water partition coefficient (Wildman–Crippen LogP) is 9.78. The van der Waals surface area contributed by atoms with Crippen molar-refractivity contribution in [2.45, 2.75) is 212 Å². The van der Waals surface area contributed by atoms with Crippen LogP contribution in [0.3, 0.4) is 0 Å². The Morgan fingerprint density at radius 2 is 0.985 bits per heavy atom. The van der Waals surface area contributed by atoms with Crippen molar-refractivity contribution in [2.75, 3.05) is 26.4 Å². The van der Waals surface area contributed by atoms with Gasteiger partial charge in [0.2, 0.25) is 0 Å². The third kappa shape index (κ3) is 44.5. The molecular weight excluding hydrogens is 894 g/mol. The standard InChI is InChI=1S/C48H88O16P2/c1-4-5-24-31-42(49)32-26-21-18-19-22-27-33-45(51)46(52)34-29-36-48(54)64-44(40-63-66(58,59)62-38-43(50)37-61-65(55,56)57)39-60-47(53)35-28-23-17-15-13-11-9-7-6-8-10-12-14-16-20-25-30-41(2)3/h18-19,21-22,26-27,32-33,41-46,49-52H,4-17,20,23-25,28-31,34-40H2,1-3H3,(H,58,59)(H2,55,56,57)/b21-18-,22-19+,32-26+,33-27+/t42-,43-,44+,45-,46-/m0/s1. The molecule has 0 saturated carbocycles. The van der Waals surface area contributed by atoms with Crippen LogP contribution in [0.2, 0.25) is 0 Å². The van der Waals surface area contributed by atoms with Crippen molar-refractivity contribution in [1.29, 1.82) is 0 Å². The molecule has 0 bridgehead atoms. The fourth-order valence-corrected chi connectivity index (χ4v) is 7.78. The molecule has 66 heavy (non-hydrogen) atoms. The average Bonchev–Trinajstić information content (AvgIpc) is 3.25. The van der Waals surface area contributed by atoms with E-state index in [0.29, 0.717) is 6.42 Å². The smallest absolute Gasteiger partial charge is 0.462 e. The highest BCUT2D eigenvalue weighted by Crippen LogP contribution is 2.44. The number of aliphatic hydroxyl groups excluding tert-OH is 4. The fraction of sp³-hybridized carbons (Fsp3) is 0.792. The third-order valence-electron chi connectivity index (χ3n) is 10.5. The van der Waals surface area contributed by atoms with Crippen molar-refractivity contribution in [3.05, 3.63) is 48.6 Å². The molecule has 0 aromatic heterocycles. The molecule has 0 aromatic rings. The van der Waals surface area contributed by atoms with Crippen LogP contribution in [0.1, 0.15) is 181 Å². The van der Waals surface area contributed by atoms with Crippen molar-refractivity contribution in [2.24, 2.45) is 5.92 Å². The summed E-state index contributed by atoms with van der Waals surface area (Å²) in [5, 5.41) is 40.4. The summed E-state index contributed by atoms with van der Waals surface area (Å²) in [6.45, 7) is 3.62. The van der Waals surface area contributed by atoms with Crippen LogP contribution in [0.4, 0.5) is 0 Å². The zero-order chi connectivity index (χ0) is 49.3. The first-order valence-corrected chi connectivity index (χ1v) is 27.5. The molecular formula is C48H88O16P2. The van der Waals surface area contributed by atoms with Gasteiger partial charge in [-0.3, -0.25) is 23.2 Å². The van der Waals surface area contributed by atoms with Crippen LogP contribution in [-0.2, 0) is 41.8 Å². The molecule has 0 radical (unpaired) electrons. The zero-order valence-electron chi connectivity index (χ0n) is 40.3. The lowest BCUT2D eigenvalue weighted by atomic mass is 10.0. The number of carbonyl (C=O) groups is 2. The first kappa shape index (κ1) is 64.0. The summed E-state index contributed by atoms with van der Waals surface area (Å²) in [5.41, 5.74) is 0. The second-order valence-corrected chi connectivity index (χ2v) is 20.1. The van der Waals surface area contributed by atoms with E-state index in [1.807, 2.05) is 0 Å². The average molecular weight is 983 g/mol. The Labute approximate surface area is 396 Å². The van der Waals surface area contributed by atoms with Gasteiger partial charge in [-0.2, -0.15) is 0 Å². The van der Waals surface area contributed by atoms with Crippen molar-refractivity contribution in [3.63, 3.8) is 0 Å². The summed E-state index contributed by atoms with van der Waals surface area (Å²) in [6, 6.07) is 0. The van der Waals surface area contributed by atoms with E-state index in [1.54, 1.807) is 42.5 Å². The summed E-state index contributed by atoms with van der Waals surface area (Å²) < 4.78 is 47.7. The molecule has 0 aliphatic carbocycles. The van der Waals surface area contributed by atoms with E-state index in [0.717, 1.165) is 57.3 Å². The summed E-state index contributed by atoms with van der Waals surface area (Å²) in [7, 11) is -9.82. The maximum atomic E-state index is 12.7.